The van der Waals surface area contributed by atoms with Crippen LogP contribution in [0.3, 0.4) is 0 Å². The van der Waals surface area contributed by atoms with Crippen LogP contribution in [0.1, 0.15) is 42.3 Å². The highest BCUT2D eigenvalue weighted by molar-refractivity contribution is 6.32. The van der Waals surface area contributed by atoms with Gasteiger partial charge in [0.05, 0.1) is 10.3 Å². The maximum absolute atomic E-state index is 13.5. The molecule has 0 saturated heterocycles. The molecule has 0 unspecified atom stereocenters. The standard InChI is InChI=1S/C27H22ClNO6/c1-15-13-22-19(14-20(15)28)23(30)25(35-26(31)18-7-5-6-8-21(18)29(32)33)24(34-22)16-9-11-17(12-10-16)27(2,3)4/h5-14H,1-4H3. The van der Waals surface area contributed by atoms with Crippen molar-refractivity contribution in [3.63, 3.8) is 0 Å². The number of aryl methyl sites for hydroxylation is 1. The summed E-state index contributed by atoms with van der Waals surface area (Å²) in [7, 11) is 0. The van der Waals surface area contributed by atoms with E-state index in [0.29, 0.717) is 16.1 Å². The molecule has 0 amide bonds. The summed E-state index contributed by atoms with van der Waals surface area (Å²) in [5.74, 6) is -1.38. The summed E-state index contributed by atoms with van der Waals surface area (Å²) in [6.45, 7) is 8.00. The number of nitro benzene ring substituents is 1. The second-order valence-electron chi connectivity index (χ2n) is 9.18. The first-order valence-corrected chi connectivity index (χ1v) is 11.2. The van der Waals surface area contributed by atoms with E-state index in [1.165, 1.54) is 30.3 Å². The lowest BCUT2D eigenvalue weighted by atomic mass is 9.86. The zero-order chi connectivity index (χ0) is 25.5. The molecule has 0 radical (unpaired) electrons. The van der Waals surface area contributed by atoms with Gasteiger partial charge in [0.2, 0.25) is 11.2 Å². The normalized spacial score (nSPS) is 11.5. The molecule has 1 heterocycles. The SMILES string of the molecule is Cc1cc2oc(-c3ccc(C(C)(C)C)cc3)c(OC(=O)c3ccccc3[N+](=O)[O-])c(=O)c2cc1Cl. The van der Waals surface area contributed by atoms with E-state index in [1.54, 1.807) is 25.1 Å². The molecule has 4 rings (SSSR count). The quantitative estimate of drug-likeness (QED) is 0.176. The molecule has 178 valence electrons. The number of carbonyl (C=O) groups excluding carboxylic acids is 1. The highest BCUT2D eigenvalue weighted by atomic mass is 35.5. The third-order valence-corrected chi connectivity index (χ3v) is 6.07. The first-order valence-electron chi connectivity index (χ1n) is 10.8. The monoisotopic (exact) mass is 491 g/mol. The molecule has 0 aliphatic carbocycles. The molecule has 35 heavy (non-hydrogen) atoms. The first-order chi connectivity index (χ1) is 16.5. The molecule has 0 aliphatic rings. The van der Waals surface area contributed by atoms with Crippen molar-refractivity contribution < 1.29 is 18.9 Å². The number of nitro groups is 1. The summed E-state index contributed by atoms with van der Waals surface area (Å²) in [5, 5.41) is 11.9. The minimum Gasteiger partial charge on any atom is -0.452 e. The smallest absolute Gasteiger partial charge is 0.350 e. The van der Waals surface area contributed by atoms with Gasteiger partial charge in [0.25, 0.3) is 5.69 Å². The number of hydrogen-bond acceptors (Lipinski definition) is 6. The number of nitrogens with zero attached hydrogens (tertiary/aromatic N) is 1. The Morgan fingerprint density at radius 3 is 2.34 bits per heavy atom. The number of ether oxygens (including phenoxy) is 1. The number of benzene rings is 3. The summed E-state index contributed by atoms with van der Waals surface area (Å²) < 4.78 is 11.6. The van der Waals surface area contributed by atoms with Gasteiger partial charge in [-0.15, -0.1) is 0 Å². The molecule has 8 heteroatoms. The van der Waals surface area contributed by atoms with E-state index in [-0.39, 0.29) is 33.5 Å². The van der Waals surface area contributed by atoms with E-state index in [9.17, 15) is 19.7 Å². The minimum absolute atomic E-state index is 0.0385. The summed E-state index contributed by atoms with van der Waals surface area (Å²) in [5.41, 5.74) is 1.12. The highest BCUT2D eigenvalue weighted by Gasteiger charge is 2.26. The molecule has 0 aliphatic heterocycles. The number of halogens is 1. The Kier molecular flexibility index (Phi) is 6.21. The number of fused-ring (bicyclic) bond motifs is 1. The molecule has 4 aromatic rings. The molecular formula is C27H22ClNO6. The van der Waals surface area contributed by atoms with Crippen molar-refractivity contribution in [2.45, 2.75) is 33.1 Å². The van der Waals surface area contributed by atoms with Crippen molar-refractivity contribution in [2.24, 2.45) is 0 Å². The van der Waals surface area contributed by atoms with Crippen LogP contribution in [-0.2, 0) is 5.41 Å². The van der Waals surface area contributed by atoms with Gasteiger partial charge >= 0.3 is 5.97 Å². The molecule has 0 N–H and O–H groups in total. The van der Waals surface area contributed by atoms with Crippen molar-refractivity contribution in [3.8, 4) is 17.1 Å². The molecule has 0 atom stereocenters. The number of para-hydroxylation sites is 1. The van der Waals surface area contributed by atoms with Crippen molar-refractivity contribution >= 4 is 34.2 Å². The van der Waals surface area contributed by atoms with Crippen LogP contribution in [0.15, 0.2) is 69.9 Å². The Morgan fingerprint density at radius 2 is 1.71 bits per heavy atom. The molecule has 1 aromatic heterocycles. The van der Waals surface area contributed by atoms with Gasteiger partial charge in [-0.1, -0.05) is 68.8 Å². The van der Waals surface area contributed by atoms with Crippen LogP contribution < -0.4 is 10.2 Å². The third-order valence-electron chi connectivity index (χ3n) is 5.66. The average Bonchev–Trinajstić information content (AvgIpc) is 2.81. The summed E-state index contributed by atoms with van der Waals surface area (Å²) in [6.07, 6.45) is 0. The molecule has 0 spiro atoms. The number of hydrogen-bond donors (Lipinski definition) is 0. The van der Waals surface area contributed by atoms with E-state index in [1.807, 2.05) is 12.1 Å². The van der Waals surface area contributed by atoms with Gasteiger partial charge in [-0.25, -0.2) is 4.79 Å². The van der Waals surface area contributed by atoms with Gasteiger partial charge in [0.1, 0.15) is 11.1 Å². The van der Waals surface area contributed by atoms with Gasteiger partial charge in [-0.3, -0.25) is 14.9 Å². The van der Waals surface area contributed by atoms with Crippen molar-refractivity contribution in [1.29, 1.82) is 0 Å². The zero-order valence-corrected chi connectivity index (χ0v) is 20.3. The van der Waals surface area contributed by atoms with E-state index >= 15 is 0 Å². The Morgan fingerprint density at radius 1 is 1.06 bits per heavy atom. The summed E-state index contributed by atoms with van der Waals surface area (Å²) in [4.78, 5) is 37.2. The fraction of sp³-hybridized carbons (Fsp3) is 0.185. The van der Waals surface area contributed by atoms with Gasteiger partial charge in [-0.05, 0) is 41.7 Å². The van der Waals surface area contributed by atoms with E-state index < -0.39 is 22.0 Å². The minimum atomic E-state index is -1.05. The van der Waals surface area contributed by atoms with Crippen LogP contribution >= 0.6 is 11.6 Å². The lowest BCUT2D eigenvalue weighted by Gasteiger charge is -2.19. The lowest BCUT2D eigenvalue weighted by Crippen LogP contribution is -2.17. The second kappa shape index (κ2) is 9.00. The molecule has 7 nitrogen and oxygen atoms in total. The van der Waals surface area contributed by atoms with Crippen LogP contribution in [0.2, 0.25) is 5.02 Å². The Bertz CT molecular complexity index is 1530. The second-order valence-corrected chi connectivity index (χ2v) is 9.59. The van der Waals surface area contributed by atoms with Gasteiger partial charge < -0.3 is 9.15 Å². The number of esters is 1. The summed E-state index contributed by atoms with van der Waals surface area (Å²) >= 11 is 6.22. The maximum atomic E-state index is 13.5. The average molecular weight is 492 g/mol. The predicted molar refractivity (Wildman–Crippen MR) is 134 cm³/mol. The van der Waals surface area contributed by atoms with Gasteiger partial charge in [-0.2, -0.15) is 0 Å². The largest absolute Gasteiger partial charge is 0.452 e. The number of carbonyl (C=O) groups is 1. The lowest BCUT2D eigenvalue weighted by molar-refractivity contribution is -0.385. The van der Waals surface area contributed by atoms with Gasteiger partial charge in [0.15, 0.2) is 5.76 Å². The number of rotatable bonds is 4. The van der Waals surface area contributed by atoms with Crippen molar-refractivity contribution in [2.75, 3.05) is 0 Å². The van der Waals surface area contributed by atoms with Crippen molar-refractivity contribution in [3.05, 3.63) is 103 Å². The molecular weight excluding hydrogens is 470 g/mol. The topological polar surface area (TPSA) is 99.7 Å². The Hall–Kier alpha value is -3.97. The van der Waals surface area contributed by atoms with E-state index in [4.69, 9.17) is 20.8 Å². The van der Waals surface area contributed by atoms with Gasteiger partial charge in [0, 0.05) is 16.7 Å². The third kappa shape index (κ3) is 4.68. The van der Waals surface area contributed by atoms with E-state index in [0.717, 1.165) is 5.56 Å². The fourth-order valence-electron chi connectivity index (χ4n) is 3.66. The molecule has 0 bridgehead atoms. The zero-order valence-electron chi connectivity index (χ0n) is 19.5. The maximum Gasteiger partial charge on any atom is 0.350 e. The fourth-order valence-corrected chi connectivity index (χ4v) is 3.82. The molecule has 0 saturated carbocycles. The van der Waals surface area contributed by atoms with Crippen LogP contribution in [0.4, 0.5) is 5.69 Å². The van der Waals surface area contributed by atoms with Crippen molar-refractivity contribution in [1.82, 2.24) is 0 Å². The van der Waals surface area contributed by atoms with Crippen LogP contribution in [0, 0.1) is 17.0 Å². The predicted octanol–water partition coefficient (Wildman–Crippen LogP) is 6.85. The van der Waals surface area contributed by atoms with E-state index in [2.05, 4.69) is 20.8 Å². The first kappa shape index (κ1) is 24.2. The Balaban J connectivity index is 1.92. The van der Waals surface area contributed by atoms with Crippen LogP contribution in [0.5, 0.6) is 5.75 Å². The molecule has 0 fully saturated rings. The summed E-state index contributed by atoms with van der Waals surface area (Å²) in [6, 6.07) is 15.8. The molecule has 3 aromatic carbocycles. The van der Waals surface area contributed by atoms with Crippen LogP contribution in [0.25, 0.3) is 22.3 Å². The van der Waals surface area contributed by atoms with Crippen LogP contribution in [-0.4, -0.2) is 10.9 Å². The Labute approximate surface area is 206 Å². The highest BCUT2D eigenvalue weighted by Crippen LogP contribution is 2.35.